The zero-order valence-corrected chi connectivity index (χ0v) is 15.6. The minimum Gasteiger partial charge on any atom is -0.494 e. The van der Waals surface area contributed by atoms with E-state index in [1.54, 1.807) is 12.1 Å². The average Bonchev–Trinajstić information content (AvgIpc) is 3.19. The van der Waals surface area contributed by atoms with Crippen molar-refractivity contribution >= 4 is 28.9 Å². The Morgan fingerprint density at radius 1 is 1.27 bits per heavy atom. The molecule has 0 radical (unpaired) electrons. The standard InChI is InChI=1S/C19H23N3O3S/c1-2-24-16-7-5-14(6-8-16)21-19(26)22-11-9-15(10-12-22)20-18(23)17-4-3-13-25-17/h3-8,13,15H,2,9-12H2,1H3,(H,20,23)(H,21,26). The van der Waals surface area contributed by atoms with Gasteiger partial charge in [0.25, 0.3) is 5.91 Å². The molecule has 26 heavy (non-hydrogen) atoms. The monoisotopic (exact) mass is 373 g/mol. The van der Waals surface area contributed by atoms with Gasteiger partial charge in [-0.15, -0.1) is 0 Å². The van der Waals surface area contributed by atoms with E-state index in [0.29, 0.717) is 17.5 Å². The van der Waals surface area contributed by atoms with Gasteiger partial charge in [0.2, 0.25) is 0 Å². The SMILES string of the molecule is CCOc1ccc(NC(=S)N2CCC(NC(=O)c3ccco3)CC2)cc1. The molecule has 0 saturated carbocycles. The number of carbonyl (C=O) groups is 1. The van der Waals surface area contributed by atoms with Crippen molar-refractivity contribution in [1.82, 2.24) is 10.2 Å². The molecule has 2 N–H and O–H groups in total. The van der Waals surface area contributed by atoms with Crippen LogP contribution in [0.4, 0.5) is 5.69 Å². The van der Waals surface area contributed by atoms with E-state index in [2.05, 4.69) is 15.5 Å². The van der Waals surface area contributed by atoms with Gasteiger partial charge in [0.1, 0.15) is 5.75 Å². The summed E-state index contributed by atoms with van der Waals surface area (Å²) in [5.41, 5.74) is 0.937. The number of anilines is 1. The van der Waals surface area contributed by atoms with E-state index in [-0.39, 0.29) is 11.9 Å². The molecular formula is C19H23N3O3S. The van der Waals surface area contributed by atoms with Crippen molar-refractivity contribution in [2.24, 2.45) is 0 Å². The Morgan fingerprint density at radius 3 is 2.62 bits per heavy atom. The molecule has 6 nitrogen and oxygen atoms in total. The van der Waals surface area contributed by atoms with Gasteiger partial charge < -0.3 is 24.7 Å². The lowest BCUT2D eigenvalue weighted by Crippen LogP contribution is -2.47. The van der Waals surface area contributed by atoms with Crippen LogP contribution in [0.15, 0.2) is 47.1 Å². The fourth-order valence-electron chi connectivity index (χ4n) is 2.89. The zero-order valence-electron chi connectivity index (χ0n) is 14.7. The van der Waals surface area contributed by atoms with E-state index in [0.717, 1.165) is 37.4 Å². The number of benzene rings is 1. The lowest BCUT2D eigenvalue weighted by Gasteiger charge is -2.34. The van der Waals surface area contributed by atoms with Crippen molar-refractivity contribution in [3.8, 4) is 5.75 Å². The maximum atomic E-state index is 12.0. The van der Waals surface area contributed by atoms with Crippen molar-refractivity contribution in [2.75, 3.05) is 25.0 Å². The number of hydrogen-bond donors (Lipinski definition) is 2. The highest BCUT2D eigenvalue weighted by Gasteiger charge is 2.23. The Bertz CT molecular complexity index is 723. The first kappa shape index (κ1) is 18.3. The van der Waals surface area contributed by atoms with Crippen LogP contribution < -0.4 is 15.4 Å². The summed E-state index contributed by atoms with van der Waals surface area (Å²) in [6, 6.07) is 11.3. The largest absolute Gasteiger partial charge is 0.494 e. The Morgan fingerprint density at radius 2 is 2.00 bits per heavy atom. The highest BCUT2D eigenvalue weighted by molar-refractivity contribution is 7.80. The molecule has 0 spiro atoms. The first-order valence-corrected chi connectivity index (χ1v) is 9.19. The summed E-state index contributed by atoms with van der Waals surface area (Å²) in [4.78, 5) is 14.2. The number of likely N-dealkylation sites (tertiary alicyclic amines) is 1. The van der Waals surface area contributed by atoms with Crippen LogP contribution in [0.5, 0.6) is 5.75 Å². The molecule has 0 bridgehead atoms. The Hall–Kier alpha value is -2.54. The number of nitrogens with zero attached hydrogens (tertiary/aromatic N) is 1. The molecule has 1 aliphatic rings. The third kappa shape index (κ3) is 4.76. The summed E-state index contributed by atoms with van der Waals surface area (Å²) in [6.07, 6.45) is 3.19. The fourth-order valence-corrected chi connectivity index (χ4v) is 3.20. The average molecular weight is 373 g/mol. The second-order valence-electron chi connectivity index (χ2n) is 6.10. The number of furan rings is 1. The third-order valence-electron chi connectivity index (χ3n) is 4.28. The lowest BCUT2D eigenvalue weighted by molar-refractivity contribution is 0.0894. The number of carbonyl (C=O) groups excluding carboxylic acids is 1. The predicted octanol–water partition coefficient (Wildman–Crippen LogP) is 3.27. The zero-order chi connectivity index (χ0) is 18.4. The van der Waals surface area contributed by atoms with Crippen molar-refractivity contribution in [3.63, 3.8) is 0 Å². The van der Waals surface area contributed by atoms with Crippen LogP contribution in [0.3, 0.4) is 0 Å². The van der Waals surface area contributed by atoms with E-state index in [9.17, 15) is 4.79 Å². The molecule has 3 rings (SSSR count). The number of piperidine rings is 1. The van der Waals surface area contributed by atoms with Crippen LogP contribution in [0.1, 0.15) is 30.3 Å². The number of nitrogens with one attached hydrogen (secondary N) is 2. The second kappa shape index (κ2) is 8.71. The molecule has 1 saturated heterocycles. The van der Waals surface area contributed by atoms with Gasteiger partial charge in [-0.1, -0.05) is 0 Å². The van der Waals surface area contributed by atoms with Crippen molar-refractivity contribution in [1.29, 1.82) is 0 Å². The van der Waals surface area contributed by atoms with Gasteiger partial charge >= 0.3 is 0 Å². The molecule has 0 aliphatic carbocycles. The van der Waals surface area contributed by atoms with Crippen LogP contribution in [0.2, 0.25) is 0 Å². The summed E-state index contributed by atoms with van der Waals surface area (Å²) < 4.78 is 10.6. The topological polar surface area (TPSA) is 66.7 Å². The van der Waals surface area contributed by atoms with Crippen LogP contribution in [0.25, 0.3) is 0 Å². The van der Waals surface area contributed by atoms with Gasteiger partial charge in [-0.2, -0.15) is 0 Å². The quantitative estimate of drug-likeness (QED) is 0.784. The number of amides is 1. The van der Waals surface area contributed by atoms with Crippen LogP contribution in [0, 0.1) is 0 Å². The third-order valence-corrected chi connectivity index (χ3v) is 4.64. The van der Waals surface area contributed by atoms with E-state index in [4.69, 9.17) is 21.4 Å². The maximum absolute atomic E-state index is 12.0. The number of rotatable bonds is 5. The molecule has 0 atom stereocenters. The maximum Gasteiger partial charge on any atom is 0.287 e. The second-order valence-corrected chi connectivity index (χ2v) is 6.49. The van der Waals surface area contributed by atoms with Gasteiger partial charge in [-0.25, -0.2) is 0 Å². The number of thiocarbonyl (C=S) groups is 1. The lowest BCUT2D eigenvalue weighted by atomic mass is 10.1. The van der Waals surface area contributed by atoms with Crippen molar-refractivity contribution in [3.05, 3.63) is 48.4 Å². The van der Waals surface area contributed by atoms with Gasteiger partial charge in [-0.3, -0.25) is 4.79 Å². The molecule has 0 unspecified atom stereocenters. The van der Waals surface area contributed by atoms with Crippen molar-refractivity contribution < 1.29 is 13.9 Å². The molecular weight excluding hydrogens is 350 g/mol. The first-order chi connectivity index (χ1) is 12.7. The number of ether oxygens (including phenoxy) is 1. The highest BCUT2D eigenvalue weighted by Crippen LogP contribution is 2.18. The van der Waals surface area contributed by atoms with E-state index >= 15 is 0 Å². The van der Waals surface area contributed by atoms with Gasteiger partial charge in [0.15, 0.2) is 10.9 Å². The molecule has 7 heteroatoms. The molecule has 2 heterocycles. The van der Waals surface area contributed by atoms with E-state index in [1.807, 2.05) is 31.2 Å². The summed E-state index contributed by atoms with van der Waals surface area (Å²) in [6.45, 7) is 4.20. The summed E-state index contributed by atoms with van der Waals surface area (Å²) in [7, 11) is 0. The highest BCUT2D eigenvalue weighted by atomic mass is 32.1. The molecule has 1 aromatic heterocycles. The Balaban J connectivity index is 1.45. The van der Waals surface area contributed by atoms with Crippen molar-refractivity contribution in [2.45, 2.75) is 25.8 Å². The van der Waals surface area contributed by atoms with Gasteiger partial charge in [0, 0.05) is 24.8 Å². The summed E-state index contributed by atoms with van der Waals surface area (Å²) in [5.74, 6) is 1.03. The minimum atomic E-state index is -0.163. The first-order valence-electron chi connectivity index (χ1n) is 8.79. The normalized spacial score (nSPS) is 14.7. The van der Waals surface area contributed by atoms with E-state index < -0.39 is 0 Å². The molecule has 1 aliphatic heterocycles. The Labute approximate surface area is 158 Å². The molecule has 1 amide bonds. The van der Waals surface area contributed by atoms with Crippen LogP contribution in [-0.2, 0) is 0 Å². The minimum absolute atomic E-state index is 0.136. The molecule has 138 valence electrons. The summed E-state index contributed by atoms with van der Waals surface area (Å²) >= 11 is 5.51. The Kier molecular flexibility index (Phi) is 6.12. The van der Waals surface area contributed by atoms with Crippen LogP contribution >= 0.6 is 12.2 Å². The predicted molar refractivity (Wildman–Crippen MR) is 105 cm³/mol. The van der Waals surface area contributed by atoms with Gasteiger partial charge in [0.05, 0.1) is 12.9 Å². The van der Waals surface area contributed by atoms with Gasteiger partial charge in [-0.05, 0) is 68.4 Å². The number of hydrogen-bond acceptors (Lipinski definition) is 4. The molecule has 2 aromatic rings. The summed E-state index contributed by atoms with van der Waals surface area (Å²) in [5, 5.41) is 6.97. The smallest absolute Gasteiger partial charge is 0.287 e. The van der Waals surface area contributed by atoms with E-state index in [1.165, 1.54) is 6.26 Å². The molecule has 1 fully saturated rings. The fraction of sp³-hybridized carbons (Fsp3) is 0.368. The van der Waals surface area contributed by atoms with Crippen LogP contribution in [-0.4, -0.2) is 41.7 Å². The molecule has 1 aromatic carbocycles.